The summed E-state index contributed by atoms with van der Waals surface area (Å²) in [4.78, 5) is 67.4. The van der Waals surface area contributed by atoms with Crippen molar-refractivity contribution >= 4 is 41.5 Å². The van der Waals surface area contributed by atoms with E-state index in [1.165, 1.54) is 21.3 Å². The quantitative estimate of drug-likeness (QED) is 0.134. The number of imide groups is 1. The Labute approximate surface area is 272 Å². The fourth-order valence-electron chi connectivity index (χ4n) is 4.76. The van der Waals surface area contributed by atoms with Gasteiger partial charge in [0.2, 0.25) is 17.6 Å². The van der Waals surface area contributed by atoms with E-state index in [-0.39, 0.29) is 34.2 Å². The molecule has 260 valence electrons. The van der Waals surface area contributed by atoms with E-state index >= 15 is 8.78 Å². The summed E-state index contributed by atoms with van der Waals surface area (Å²) in [6, 6.07) is 3.82. The summed E-state index contributed by atoms with van der Waals surface area (Å²) < 4.78 is 82.2. The topological polar surface area (TPSA) is 140 Å². The molecule has 0 spiro atoms. The van der Waals surface area contributed by atoms with Crippen LogP contribution in [0, 0.1) is 17.8 Å². The molecule has 0 aromatic heterocycles. The van der Waals surface area contributed by atoms with Crippen LogP contribution in [-0.4, -0.2) is 100 Å². The Morgan fingerprint density at radius 2 is 1.53 bits per heavy atom. The lowest BCUT2D eigenvalue weighted by atomic mass is 9.99. The highest BCUT2D eigenvalue weighted by Gasteiger charge is 2.64. The predicted octanol–water partition coefficient (Wildman–Crippen LogP) is 3.85. The normalized spacial score (nSPS) is 18.6. The maximum Gasteiger partial charge on any atom is 0.461 e. The number of nitrogens with two attached hydrogens (primary N) is 1. The van der Waals surface area contributed by atoms with Crippen molar-refractivity contribution in [2.24, 2.45) is 23.5 Å². The van der Waals surface area contributed by atoms with Crippen LogP contribution >= 0.6 is 11.9 Å². The Kier molecular flexibility index (Phi) is 12.2. The monoisotopic (exact) mass is 692 g/mol. The Morgan fingerprint density at radius 3 is 2.02 bits per heavy atom. The number of nitrogens with zero attached hydrogens (tertiary/aromatic N) is 3. The van der Waals surface area contributed by atoms with Crippen molar-refractivity contribution in [3.8, 4) is 0 Å². The van der Waals surface area contributed by atoms with Gasteiger partial charge in [-0.3, -0.25) is 28.3 Å². The van der Waals surface area contributed by atoms with Gasteiger partial charge in [-0.25, -0.2) is 4.90 Å². The molecule has 11 nitrogen and oxygen atoms in total. The molecule has 2 atom stereocenters. The molecule has 47 heavy (non-hydrogen) atoms. The third-order valence-electron chi connectivity index (χ3n) is 7.42. The van der Waals surface area contributed by atoms with Gasteiger partial charge in [-0.05, 0) is 48.0 Å². The minimum absolute atomic E-state index is 0.143. The first-order valence-electron chi connectivity index (χ1n) is 14.7. The van der Waals surface area contributed by atoms with Gasteiger partial charge >= 0.3 is 18.1 Å². The third kappa shape index (κ3) is 8.48. The van der Waals surface area contributed by atoms with E-state index in [4.69, 9.17) is 10.5 Å². The Bertz CT molecular complexity index is 1400. The Balaban J connectivity index is 2.14. The second kappa shape index (κ2) is 15.1. The molecule has 0 saturated carbocycles. The molecule has 4 amide bonds. The molecule has 0 radical (unpaired) electrons. The van der Waals surface area contributed by atoms with Crippen LogP contribution in [0.15, 0.2) is 35.7 Å². The van der Waals surface area contributed by atoms with E-state index in [9.17, 15) is 37.1 Å². The molecular weight excluding hydrogens is 655 g/mol. The summed E-state index contributed by atoms with van der Waals surface area (Å²) >= 11 is 0.890. The zero-order valence-electron chi connectivity index (χ0n) is 26.4. The minimum atomic E-state index is -6.28. The van der Waals surface area contributed by atoms with E-state index < -0.39 is 71.0 Å². The highest BCUT2D eigenvalue weighted by atomic mass is 32.2. The molecule has 17 heteroatoms. The number of esters is 1. The van der Waals surface area contributed by atoms with Gasteiger partial charge < -0.3 is 20.1 Å². The molecule has 3 rings (SSSR count). The molecule has 2 fully saturated rings. The van der Waals surface area contributed by atoms with Crippen molar-refractivity contribution in [3.05, 3.63) is 46.8 Å². The first-order valence-corrected chi connectivity index (χ1v) is 15.7. The molecule has 0 aliphatic carbocycles. The maximum atomic E-state index is 15.1. The SMILES string of the molecule is CC(=O)O/C(=C(/C(C)C)N(C(=O)c1ccc(C(=O)N2CCOCC2)cc1)C(=O)C1CSN(C(=O)[C@@H](N)C(C)C)C1)C(F)(F)C(F)(F)F. The number of hydrogen-bond acceptors (Lipinski definition) is 9. The third-order valence-corrected chi connectivity index (χ3v) is 8.62. The molecular formula is C30H37F5N4O7S. The standard InChI is InChI=1S/C30H37F5N4O7S/c1-16(2)22(36)28(44)38-14-21(15-47-38)27(43)39(23(17(3)4)24(46-18(5)40)29(31,32)30(33,34)35)26(42)20-8-6-19(7-9-20)25(41)37-10-12-45-13-11-37/h6-9,16-17,21-22H,10-15,36H2,1-5H3/b24-23-/t21?,22-/m0/s1. The number of benzene rings is 1. The summed E-state index contributed by atoms with van der Waals surface area (Å²) in [5.74, 6) is -16.1. The molecule has 0 bridgehead atoms. The average Bonchev–Trinajstić information content (AvgIpc) is 3.51. The average molecular weight is 693 g/mol. The van der Waals surface area contributed by atoms with Gasteiger partial charge in [0.05, 0.1) is 30.9 Å². The van der Waals surface area contributed by atoms with Gasteiger partial charge in [-0.1, -0.05) is 27.7 Å². The van der Waals surface area contributed by atoms with Crippen molar-refractivity contribution < 1.29 is 55.4 Å². The van der Waals surface area contributed by atoms with Crippen molar-refractivity contribution in [1.29, 1.82) is 0 Å². The van der Waals surface area contributed by atoms with Gasteiger partial charge in [0.15, 0.2) is 0 Å². The molecule has 2 heterocycles. The van der Waals surface area contributed by atoms with E-state index in [1.807, 2.05) is 0 Å². The Hall–Kier alpha value is -3.57. The predicted molar refractivity (Wildman–Crippen MR) is 159 cm³/mol. The molecule has 2 aliphatic rings. The Morgan fingerprint density at radius 1 is 0.979 bits per heavy atom. The minimum Gasteiger partial charge on any atom is -0.422 e. The number of allylic oxidation sites excluding steroid dienone is 2. The highest BCUT2D eigenvalue weighted by Crippen LogP contribution is 2.45. The number of rotatable bonds is 9. The largest absolute Gasteiger partial charge is 0.461 e. The van der Waals surface area contributed by atoms with Crippen molar-refractivity contribution in [3.63, 3.8) is 0 Å². The van der Waals surface area contributed by atoms with Crippen LogP contribution in [-0.2, 0) is 23.9 Å². The van der Waals surface area contributed by atoms with Crippen LogP contribution in [0.25, 0.3) is 0 Å². The van der Waals surface area contributed by atoms with E-state index in [0.29, 0.717) is 33.2 Å². The molecule has 1 aromatic rings. The molecule has 1 unspecified atom stereocenters. The number of alkyl halides is 5. The zero-order valence-corrected chi connectivity index (χ0v) is 27.3. The van der Waals surface area contributed by atoms with E-state index in [0.717, 1.165) is 37.9 Å². The number of morpholine rings is 1. The maximum absolute atomic E-state index is 15.1. The number of ether oxygens (including phenoxy) is 2. The number of carbonyl (C=O) groups excluding carboxylic acids is 5. The number of hydrogen-bond donors (Lipinski definition) is 1. The molecule has 1 aromatic carbocycles. The second-order valence-corrected chi connectivity index (χ2v) is 12.7. The lowest BCUT2D eigenvalue weighted by Gasteiger charge is -2.32. The van der Waals surface area contributed by atoms with Crippen LogP contribution in [0.1, 0.15) is 55.3 Å². The van der Waals surface area contributed by atoms with Crippen molar-refractivity contribution in [2.75, 3.05) is 38.6 Å². The fraction of sp³-hybridized carbons (Fsp3) is 0.567. The summed E-state index contributed by atoms with van der Waals surface area (Å²) in [6.45, 7) is 7.22. The summed E-state index contributed by atoms with van der Waals surface area (Å²) in [6.07, 6.45) is -6.28. The van der Waals surface area contributed by atoms with Gasteiger partial charge in [0, 0.05) is 43.4 Å². The summed E-state index contributed by atoms with van der Waals surface area (Å²) in [7, 11) is 0. The smallest absolute Gasteiger partial charge is 0.422 e. The second-order valence-electron chi connectivity index (χ2n) is 11.7. The van der Waals surface area contributed by atoms with Crippen molar-refractivity contribution in [2.45, 2.75) is 52.8 Å². The first kappa shape index (κ1) is 37.9. The van der Waals surface area contributed by atoms with E-state index in [1.54, 1.807) is 13.8 Å². The van der Waals surface area contributed by atoms with Crippen LogP contribution in [0.3, 0.4) is 0 Å². The molecule has 2 N–H and O–H groups in total. The van der Waals surface area contributed by atoms with Gasteiger partial charge in [-0.2, -0.15) is 22.0 Å². The van der Waals surface area contributed by atoms with Crippen molar-refractivity contribution in [1.82, 2.24) is 14.1 Å². The highest BCUT2D eigenvalue weighted by molar-refractivity contribution is 7.97. The van der Waals surface area contributed by atoms with Gasteiger partial charge in [0.25, 0.3) is 11.8 Å². The molecule has 2 saturated heterocycles. The lowest BCUT2D eigenvalue weighted by Crippen LogP contribution is -2.48. The number of halogens is 5. The van der Waals surface area contributed by atoms with Crippen LogP contribution < -0.4 is 5.73 Å². The van der Waals surface area contributed by atoms with E-state index in [2.05, 4.69) is 4.74 Å². The van der Waals surface area contributed by atoms with Crippen LogP contribution in [0.5, 0.6) is 0 Å². The summed E-state index contributed by atoms with van der Waals surface area (Å²) in [5, 5.41) is 0. The lowest BCUT2D eigenvalue weighted by molar-refractivity contribution is -0.276. The summed E-state index contributed by atoms with van der Waals surface area (Å²) in [5.41, 5.74) is 4.57. The van der Waals surface area contributed by atoms with Gasteiger partial charge in [0.1, 0.15) is 0 Å². The zero-order chi connectivity index (χ0) is 35.4. The van der Waals surface area contributed by atoms with Crippen LogP contribution in [0.2, 0.25) is 0 Å². The van der Waals surface area contributed by atoms with Gasteiger partial charge in [-0.15, -0.1) is 0 Å². The fourth-order valence-corrected chi connectivity index (χ4v) is 5.90. The molecule has 2 aliphatic heterocycles. The number of amides is 4. The number of carbonyl (C=O) groups is 5. The van der Waals surface area contributed by atoms with Crippen LogP contribution in [0.4, 0.5) is 22.0 Å². The first-order chi connectivity index (χ1) is 21.8.